The van der Waals surface area contributed by atoms with Crippen LogP contribution in [-0.4, -0.2) is 47.0 Å². The number of aromatic nitrogens is 2. The zero-order valence-electron chi connectivity index (χ0n) is 13.3. The van der Waals surface area contributed by atoms with E-state index in [2.05, 4.69) is 15.6 Å². The van der Waals surface area contributed by atoms with Crippen molar-refractivity contribution in [2.75, 3.05) is 20.6 Å². The number of carbonyl (C=O) groups is 2. The van der Waals surface area contributed by atoms with Crippen LogP contribution in [0, 0.1) is 0 Å². The van der Waals surface area contributed by atoms with Crippen LogP contribution in [0.1, 0.15) is 12.0 Å². The van der Waals surface area contributed by atoms with Crippen molar-refractivity contribution in [3.05, 3.63) is 48.5 Å². The first kappa shape index (κ1) is 16.5. The van der Waals surface area contributed by atoms with Crippen molar-refractivity contribution in [3.8, 4) is 5.69 Å². The Hall–Kier alpha value is -2.83. The number of urea groups is 1. The summed E-state index contributed by atoms with van der Waals surface area (Å²) in [5.74, 6) is -0.0178. The van der Waals surface area contributed by atoms with Gasteiger partial charge in [0.2, 0.25) is 5.91 Å². The third-order valence-corrected chi connectivity index (χ3v) is 3.34. The molecule has 0 unspecified atom stereocenters. The number of hydrogen-bond acceptors (Lipinski definition) is 3. The van der Waals surface area contributed by atoms with Gasteiger partial charge in [-0.2, -0.15) is 0 Å². The van der Waals surface area contributed by atoms with Crippen molar-refractivity contribution in [3.63, 3.8) is 0 Å². The maximum atomic E-state index is 11.8. The van der Waals surface area contributed by atoms with Crippen LogP contribution in [0.3, 0.4) is 0 Å². The smallest absolute Gasteiger partial charge is 0.315 e. The van der Waals surface area contributed by atoms with E-state index in [0.29, 0.717) is 13.1 Å². The van der Waals surface area contributed by atoms with Gasteiger partial charge in [-0.25, -0.2) is 9.78 Å². The molecule has 0 radical (unpaired) electrons. The molecule has 3 amide bonds. The lowest BCUT2D eigenvalue weighted by Crippen LogP contribution is -2.37. The molecule has 7 heteroatoms. The number of amides is 3. The number of rotatable bonds is 6. The number of nitrogens with zero attached hydrogens (tertiary/aromatic N) is 3. The van der Waals surface area contributed by atoms with Crippen LogP contribution in [0.25, 0.3) is 5.69 Å². The molecule has 0 aliphatic carbocycles. The van der Waals surface area contributed by atoms with E-state index in [1.54, 1.807) is 26.6 Å². The fraction of sp³-hybridized carbons (Fsp3) is 0.312. The Kier molecular flexibility index (Phi) is 5.74. The van der Waals surface area contributed by atoms with Crippen LogP contribution in [-0.2, 0) is 11.3 Å². The number of carbonyl (C=O) groups excluding carboxylic acids is 2. The third-order valence-electron chi connectivity index (χ3n) is 3.34. The highest BCUT2D eigenvalue weighted by Crippen LogP contribution is 2.13. The summed E-state index contributed by atoms with van der Waals surface area (Å²) in [6, 6.07) is 7.48. The van der Waals surface area contributed by atoms with E-state index in [9.17, 15) is 9.59 Å². The standard InChI is InChI=1S/C16H21N5O2/c1-20(2)15(22)7-8-18-16(23)19-11-13-5-3-4-6-14(13)21-10-9-17-12-21/h3-6,9-10,12H,7-8,11H2,1-2H3,(H2,18,19,23). The minimum atomic E-state index is -0.294. The van der Waals surface area contributed by atoms with Gasteiger partial charge in [0.1, 0.15) is 0 Å². The summed E-state index contributed by atoms with van der Waals surface area (Å²) in [6.07, 6.45) is 5.56. The Morgan fingerprint density at radius 1 is 1.22 bits per heavy atom. The zero-order chi connectivity index (χ0) is 16.7. The van der Waals surface area contributed by atoms with Crippen LogP contribution < -0.4 is 10.6 Å². The number of para-hydroxylation sites is 1. The molecular formula is C16H21N5O2. The molecule has 0 saturated heterocycles. The Morgan fingerprint density at radius 2 is 2.00 bits per heavy atom. The largest absolute Gasteiger partial charge is 0.349 e. The van der Waals surface area contributed by atoms with E-state index < -0.39 is 0 Å². The van der Waals surface area contributed by atoms with Gasteiger partial charge in [-0.05, 0) is 11.6 Å². The fourth-order valence-electron chi connectivity index (χ4n) is 2.06. The number of imidazole rings is 1. The Balaban J connectivity index is 1.84. The predicted molar refractivity (Wildman–Crippen MR) is 87.1 cm³/mol. The predicted octanol–water partition coefficient (Wildman–Crippen LogP) is 1.15. The summed E-state index contributed by atoms with van der Waals surface area (Å²) in [4.78, 5) is 28.8. The minimum absolute atomic E-state index is 0.0178. The van der Waals surface area contributed by atoms with Gasteiger partial charge in [0.05, 0.1) is 12.0 Å². The Bertz CT molecular complexity index is 652. The summed E-state index contributed by atoms with van der Waals surface area (Å²) in [5.41, 5.74) is 1.94. The maximum absolute atomic E-state index is 11.8. The van der Waals surface area contributed by atoms with Gasteiger partial charge in [-0.15, -0.1) is 0 Å². The van der Waals surface area contributed by atoms with E-state index in [1.807, 2.05) is 35.0 Å². The Labute approximate surface area is 135 Å². The number of hydrogen-bond donors (Lipinski definition) is 2. The van der Waals surface area contributed by atoms with Gasteiger partial charge in [-0.1, -0.05) is 18.2 Å². The molecule has 0 bridgehead atoms. The van der Waals surface area contributed by atoms with Crippen molar-refractivity contribution in [2.45, 2.75) is 13.0 Å². The van der Waals surface area contributed by atoms with Crippen molar-refractivity contribution in [2.24, 2.45) is 0 Å². The molecule has 0 fully saturated rings. The maximum Gasteiger partial charge on any atom is 0.315 e. The third kappa shape index (κ3) is 4.84. The molecule has 122 valence electrons. The molecule has 7 nitrogen and oxygen atoms in total. The Morgan fingerprint density at radius 3 is 2.70 bits per heavy atom. The second-order valence-electron chi connectivity index (χ2n) is 5.25. The van der Waals surface area contributed by atoms with Gasteiger partial charge in [-0.3, -0.25) is 4.79 Å². The monoisotopic (exact) mass is 315 g/mol. The molecule has 1 aromatic carbocycles. The highest BCUT2D eigenvalue weighted by Gasteiger charge is 2.07. The van der Waals surface area contributed by atoms with Crippen molar-refractivity contribution in [1.29, 1.82) is 0 Å². The minimum Gasteiger partial charge on any atom is -0.349 e. The van der Waals surface area contributed by atoms with Gasteiger partial charge in [0, 0.05) is 46.0 Å². The molecule has 0 saturated carbocycles. The first-order valence-corrected chi connectivity index (χ1v) is 7.36. The van der Waals surface area contributed by atoms with Gasteiger partial charge in [0.15, 0.2) is 0 Å². The van der Waals surface area contributed by atoms with Crippen LogP contribution in [0.4, 0.5) is 4.79 Å². The molecule has 1 heterocycles. The number of nitrogens with one attached hydrogen (secondary N) is 2. The lowest BCUT2D eigenvalue weighted by atomic mass is 10.1. The van der Waals surface area contributed by atoms with E-state index in [4.69, 9.17) is 0 Å². The summed E-state index contributed by atoms with van der Waals surface area (Å²) >= 11 is 0. The topological polar surface area (TPSA) is 79.3 Å². The molecule has 0 spiro atoms. The van der Waals surface area contributed by atoms with Crippen molar-refractivity contribution < 1.29 is 9.59 Å². The van der Waals surface area contributed by atoms with E-state index in [0.717, 1.165) is 11.3 Å². The highest BCUT2D eigenvalue weighted by atomic mass is 16.2. The normalized spacial score (nSPS) is 10.2. The number of benzene rings is 1. The van der Waals surface area contributed by atoms with E-state index in [1.165, 1.54) is 4.90 Å². The zero-order valence-corrected chi connectivity index (χ0v) is 13.3. The molecular weight excluding hydrogens is 294 g/mol. The van der Waals surface area contributed by atoms with E-state index >= 15 is 0 Å². The fourth-order valence-corrected chi connectivity index (χ4v) is 2.06. The van der Waals surface area contributed by atoms with Crippen LogP contribution >= 0.6 is 0 Å². The average molecular weight is 315 g/mol. The molecule has 2 N–H and O–H groups in total. The molecule has 2 aromatic rings. The first-order valence-electron chi connectivity index (χ1n) is 7.36. The molecule has 1 aromatic heterocycles. The van der Waals surface area contributed by atoms with Crippen LogP contribution in [0.15, 0.2) is 43.0 Å². The van der Waals surface area contributed by atoms with Crippen molar-refractivity contribution in [1.82, 2.24) is 25.1 Å². The van der Waals surface area contributed by atoms with Gasteiger partial charge < -0.3 is 20.1 Å². The molecule has 2 rings (SSSR count). The second kappa shape index (κ2) is 7.98. The lowest BCUT2D eigenvalue weighted by molar-refractivity contribution is -0.128. The molecule has 0 aliphatic rings. The average Bonchev–Trinajstić information content (AvgIpc) is 3.07. The summed E-state index contributed by atoms with van der Waals surface area (Å²) in [7, 11) is 3.38. The summed E-state index contributed by atoms with van der Waals surface area (Å²) in [6.45, 7) is 0.702. The molecule has 0 atom stereocenters. The quantitative estimate of drug-likeness (QED) is 0.839. The summed E-state index contributed by atoms with van der Waals surface area (Å²) in [5, 5.41) is 5.47. The lowest BCUT2D eigenvalue weighted by Gasteiger charge is -2.13. The van der Waals surface area contributed by atoms with Gasteiger partial charge in [0.25, 0.3) is 0 Å². The first-order chi connectivity index (χ1) is 11.1. The SMILES string of the molecule is CN(C)C(=O)CCNC(=O)NCc1ccccc1-n1ccnc1. The molecule has 0 aliphatic heterocycles. The second-order valence-corrected chi connectivity index (χ2v) is 5.25. The van der Waals surface area contributed by atoms with Gasteiger partial charge >= 0.3 is 6.03 Å². The van der Waals surface area contributed by atoms with Crippen LogP contribution in [0.2, 0.25) is 0 Å². The summed E-state index contributed by atoms with van der Waals surface area (Å²) < 4.78 is 1.89. The van der Waals surface area contributed by atoms with Crippen LogP contribution in [0.5, 0.6) is 0 Å². The molecule has 23 heavy (non-hydrogen) atoms. The van der Waals surface area contributed by atoms with Crippen molar-refractivity contribution >= 4 is 11.9 Å². The van der Waals surface area contributed by atoms with E-state index in [-0.39, 0.29) is 18.4 Å². The highest BCUT2D eigenvalue weighted by molar-refractivity contribution is 5.77.